The molecule has 0 aromatic heterocycles. The summed E-state index contributed by atoms with van der Waals surface area (Å²) in [5, 5.41) is 10.9. The summed E-state index contributed by atoms with van der Waals surface area (Å²) in [6.45, 7) is 6.92. The third kappa shape index (κ3) is 4.07. The predicted octanol–water partition coefficient (Wildman–Crippen LogP) is 4.59. The highest BCUT2D eigenvalue weighted by molar-refractivity contribution is 5.15. The van der Waals surface area contributed by atoms with Crippen LogP contribution in [0.4, 0.5) is 0 Å². The van der Waals surface area contributed by atoms with E-state index in [0.29, 0.717) is 11.3 Å². The van der Waals surface area contributed by atoms with Crippen LogP contribution in [0.2, 0.25) is 0 Å². The van der Waals surface area contributed by atoms with Gasteiger partial charge in [-0.1, -0.05) is 57.5 Å². The largest absolute Gasteiger partial charge is 0.390 e. The van der Waals surface area contributed by atoms with Crippen molar-refractivity contribution in [3.05, 3.63) is 35.9 Å². The number of aryl methyl sites for hydroxylation is 1. The van der Waals surface area contributed by atoms with E-state index in [1.807, 2.05) is 0 Å². The van der Waals surface area contributed by atoms with Crippen molar-refractivity contribution in [2.75, 3.05) is 0 Å². The normalized spacial score (nSPS) is 28.3. The van der Waals surface area contributed by atoms with Gasteiger partial charge in [-0.3, -0.25) is 0 Å². The van der Waals surface area contributed by atoms with Gasteiger partial charge in [0.2, 0.25) is 0 Å². The van der Waals surface area contributed by atoms with Gasteiger partial charge in [-0.25, -0.2) is 0 Å². The molecule has 1 aromatic rings. The van der Waals surface area contributed by atoms with Crippen LogP contribution < -0.4 is 0 Å². The van der Waals surface area contributed by atoms with Crippen LogP contribution in [-0.4, -0.2) is 10.7 Å². The van der Waals surface area contributed by atoms with Gasteiger partial charge in [0.15, 0.2) is 0 Å². The number of hydrogen-bond acceptors (Lipinski definition) is 1. The van der Waals surface area contributed by atoms with E-state index in [2.05, 4.69) is 51.1 Å². The zero-order chi connectivity index (χ0) is 13.9. The quantitative estimate of drug-likeness (QED) is 0.843. The third-order valence-electron chi connectivity index (χ3n) is 4.77. The number of hydrogen-bond donors (Lipinski definition) is 1. The Kier molecular flexibility index (Phi) is 4.35. The van der Waals surface area contributed by atoms with E-state index in [9.17, 15) is 5.11 Å². The molecule has 0 aliphatic heterocycles. The Morgan fingerprint density at radius 2 is 1.89 bits per heavy atom. The maximum Gasteiger partial charge on any atom is 0.0653 e. The molecule has 1 saturated carbocycles. The first-order valence-electron chi connectivity index (χ1n) is 7.65. The van der Waals surface area contributed by atoms with Gasteiger partial charge >= 0.3 is 0 Å². The molecular weight excluding hydrogens is 232 g/mol. The van der Waals surface area contributed by atoms with E-state index in [1.54, 1.807) is 0 Å². The molecule has 0 amide bonds. The van der Waals surface area contributed by atoms with Crippen molar-refractivity contribution in [2.24, 2.45) is 11.3 Å². The van der Waals surface area contributed by atoms with Crippen molar-refractivity contribution in [1.82, 2.24) is 0 Å². The van der Waals surface area contributed by atoms with Crippen molar-refractivity contribution < 1.29 is 5.11 Å². The van der Waals surface area contributed by atoms with Crippen molar-refractivity contribution in [3.8, 4) is 0 Å². The summed E-state index contributed by atoms with van der Waals surface area (Å²) in [4.78, 5) is 0. The molecule has 0 spiro atoms. The minimum absolute atomic E-state index is 0.321. The second-order valence-corrected chi connectivity index (χ2v) is 7.37. The smallest absolute Gasteiger partial charge is 0.0653 e. The lowest BCUT2D eigenvalue weighted by Crippen LogP contribution is -2.39. The molecule has 1 nitrogen and oxygen atoms in total. The zero-order valence-electron chi connectivity index (χ0n) is 12.7. The topological polar surface area (TPSA) is 20.2 Å². The summed E-state index contributed by atoms with van der Waals surface area (Å²) in [6, 6.07) is 10.5. The number of rotatable bonds is 3. The molecule has 1 heteroatoms. The Labute approximate surface area is 118 Å². The van der Waals surface area contributed by atoms with Crippen LogP contribution in [0, 0.1) is 11.3 Å². The highest BCUT2D eigenvalue weighted by Crippen LogP contribution is 2.43. The summed E-state index contributed by atoms with van der Waals surface area (Å²) >= 11 is 0. The van der Waals surface area contributed by atoms with Gasteiger partial charge in [0.05, 0.1) is 5.60 Å². The average Bonchev–Trinajstić information content (AvgIpc) is 2.37. The molecule has 1 aliphatic carbocycles. The Bertz CT molecular complexity index is 390. The van der Waals surface area contributed by atoms with E-state index in [-0.39, 0.29) is 0 Å². The predicted molar refractivity (Wildman–Crippen MR) is 81.1 cm³/mol. The van der Waals surface area contributed by atoms with Gasteiger partial charge in [0.25, 0.3) is 0 Å². The minimum atomic E-state index is -0.438. The van der Waals surface area contributed by atoms with Crippen LogP contribution >= 0.6 is 0 Å². The SMILES string of the molecule is CC(C)(C)C1CCCC(O)(CCc2ccccc2)C1. The zero-order valence-corrected chi connectivity index (χ0v) is 12.7. The Balaban J connectivity index is 1.95. The molecule has 0 saturated heterocycles. The summed E-state index contributed by atoms with van der Waals surface area (Å²) in [7, 11) is 0. The molecule has 2 atom stereocenters. The molecule has 2 unspecified atom stereocenters. The van der Waals surface area contributed by atoms with Gasteiger partial charge in [0, 0.05) is 0 Å². The lowest BCUT2D eigenvalue weighted by Gasteiger charge is -2.42. The summed E-state index contributed by atoms with van der Waals surface area (Å²) < 4.78 is 0. The molecule has 0 radical (unpaired) electrons. The van der Waals surface area contributed by atoms with E-state index < -0.39 is 5.60 Å². The van der Waals surface area contributed by atoms with Gasteiger partial charge in [-0.05, 0) is 49.0 Å². The maximum absolute atomic E-state index is 10.9. The molecule has 106 valence electrons. The molecule has 0 bridgehead atoms. The summed E-state index contributed by atoms with van der Waals surface area (Å²) in [5.41, 5.74) is 1.22. The summed E-state index contributed by atoms with van der Waals surface area (Å²) in [6.07, 6.45) is 6.30. The van der Waals surface area contributed by atoms with Crippen molar-refractivity contribution in [1.29, 1.82) is 0 Å². The fourth-order valence-corrected chi connectivity index (χ4v) is 3.33. The van der Waals surface area contributed by atoms with Crippen LogP contribution in [0.25, 0.3) is 0 Å². The van der Waals surface area contributed by atoms with Crippen LogP contribution in [0.5, 0.6) is 0 Å². The second-order valence-electron chi connectivity index (χ2n) is 7.37. The van der Waals surface area contributed by atoms with E-state index in [1.165, 1.54) is 18.4 Å². The Hall–Kier alpha value is -0.820. The fourth-order valence-electron chi connectivity index (χ4n) is 3.33. The van der Waals surface area contributed by atoms with E-state index >= 15 is 0 Å². The van der Waals surface area contributed by atoms with Crippen LogP contribution in [-0.2, 0) is 6.42 Å². The molecule has 1 aliphatic rings. The van der Waals surface area contributed by atoms with Crippen molar-refractivity contribution in [2.45, 2.75) is 64.9 Å². The van der Waals surface area contributed by atoms with E-state index in [0.717, 1.165) is 25.7 Å². The second kappa shape index (κ2) is 5.66. The first kappa shape index (κ1) is 14.6. The Morgan fingerprint density at radius 3 is 2.53 bits per heavy atom. The van der Waals surface area contributed by atoms with Crippen molar-refractivity contribution in [3.63, 3.8) is 0 Å². The average molecular weight is 260 g/mol. The first-order valence-corrected chi connectivity index (χ1v) is 7.65. The van der Waals surface area contributed by atoms with E-state index in [4.69, 9.17) is 0 Å². The number of benzene rings is 1. The summed E-state index contributed by atoms with van der Waals surface area (Å²) in [5.74, 6) is 0.655. The van der Waals surface area contributed by atoms with Crippen LogP contribution in [0.15, 0.2) is 30.3 Å². The Morgan fingerprint density at radius 1 is 1.21 bits per heavy atom. The molecule has 1 aromatic carbocycles. The molecule has 2 rings (SSSR count). The van der Waals surface area contributed by atoms with Gasteiger partial charge in [-0.2, -0.15) is 0 Å². The lowest BCUT2D eigenvalue weighted by molar-refractivity contribution is -0.0436. The maximum atomic E-state index is 10.9. The molecule has 1 fully saturated rings. The highest BCUT2D eigenvalue weighted by Gasteiger charge is 2.38. The lowest BCUT2D eigenvalue weighted by atomic mass is 9.66. The third-order valence-corrected chi connectivity index (χ3v) is 4.77. The fraction of sp³-hybridized carbons (Fsp3) is 0.667. The van der Waals surface area contributed by atoms with Gasteiger partial charge in [0.1, 0.15) is 0 Å². The van der Waals surface area contributed by atoms with Gasteiger partial charge < -0.3 is 5.11 Å². The number of aliphatic hydroxyl groups is 1. The standard InChI is InChI=1S/C18H28O/c1-17(2,3)16-10-7-12-18(19,14-16)13-11-15-8-5-4-6-9-15/h4-6,8-9,16,19H,7,10-14H2,1-3H3. The van der Waals surface area contributed by atoms with Crippen LogP contribution in [0.1, 0.15) is 58.4 Å². The minimum Gasteiger partial charge on any atom is -0.390 e. The highest BCUT2D eigenvalue weighted by atomic mass is 16.3. The molecule has 1 N–H and O–H groups in total. The molecule has 19 heavy (non-hydrogen) atoms. The van der Waals surface area contributed by atoms with Crippen LogP contribution in [0.3, 0.4) is 0 Å². The molecular formula is C18H28O. The van der Waals surface area contributed by atoms with Gasteiger partial charge in [-0.15, -0.1) is 0 Å². The first-order chi connectivity index (χ1) is 8.89. The molecule has 0 heterocycles. The monoisotopic (exact) mass is 260 g/mol. The van der Waals surface area contributed by atoms with Crippen molar-refractivity contribution >= 4 is 0 Å².